The number of carbonyl (C=O) groups excluding carboxylic acids is 3. The number of anilines is 1. The summed E-state index contributed by atoms with van der Waals surface area (Å²) >= 11 is 0. The minimum Gasteiger partial charge on any atom is -0.311 e. The van der Waals surface area contributed by atoms with E-state index in [9.17, 15) is 14.4 Å². The van der Waals surface area contributed by atoms with Crippen molar-refractivity contribution in [1.29, 1.82) is 0 Å². The number of amides is 3. The van der Waals surface area contributed by atoms with E-state index >= 15 is 0 Å². The first-order chi connectivity index (χ1) is 11.0. The molecule has 2 aliphatic rings. The number of nitrogens with one attached hydrogen (secondary N) is 2. The number of benzene rings is 1. The first-order valence-corrected chi connectivity index (χ1v) is 7.93. The zero-order chi connectivity index (χ0) is 16.6. The highest BCUT2D eigenvalue weighted by atomic mass is 16.2. The van der Waals surface area contributed by atoms with Gasteiger partial charge in [0, 0.05) is 24.6 Å². The van der Waals surface area contributed by atoms with Gasteiger partial charge >= 0.3 is 0 Å². The molecule has 1 unspecified atom stereocenters. The fraction of sp³-hybridized carbons (Fsp3) is 0.471. The summed E-state index contributed by atoms with van der Waals surface area (Å²) in [6, 6.07) is 5.81. The summed E-state index contributed by atoms with van der Waals surface area (Å²) in [5, 5.41) is 0. The van der Waals surface area contributed by atoms with Crippen molar-refractivity contribution in [1.82, 2.24) is 10.9 Å². The van der Waals surface area contributed by atoms with Gasteiger partial charge in [-0.3, -0.25) is 25.2 Å². The molecule has 0 bridgehead atoms. The second-order valence-electron chi connectivity index (χ2n) is 6.38. The summed E-state index contributed by atoms with van der Waals surface area (Å²) in [6.07, 6.45) is 1.92. The Labute approximate surface area is 135 Å². The summed E-state index contributed by atoms with van der Waals surface area (Å²) in [4.78, 5) is 37.6. The van der Waals surface area contributed by atoms with E-state index in [4.69, 9.17) is 0 Å². The van der Waals surface area contributed by atoms with Crippen LogP contribution in [0.3, 0.4) is 0 Å². The van der Waals surface area contributed by atoms with Gasteiger partial charge in [-0.1, -0.05) is 12.1 Å². The molecule has 1 heterocycles. The lowest BCUT2D eigenvalue weighted by Gasteiger charge is -2.20. The number of carbonyl (C=O) groups is 3. The third kappa shape index (κ3) is 3.21. The highest BCUT2D eigenvalue weighted by molar-refractivity contribution is 6.01. The Bertz CT molecular complexity index is 667. The third-order valence-corrected chi connectivity index (χ3v) is 4.62. The topological polar surface area (TPSA) is 78.5 Å². The molecule has 23 heavy (non-hydrogen) atoms. The maximum Gasteiger partial charge on any atom is 0.243 e. The van der Waals surface area contributed by atoms with Crippen LogP contribution in [0.15, 0.2) is 18.2 Å². The van der Waals surface area contributed by atoms with Crippen molar-refractivity contribution in [3.63, 3.8) is 0 Å². The number of rotatable bonds is 3. The van der Waals surface area contributed by atoms with Crippen LogP contribution in [0, 0.1) is 25.7 Å². The maximum absolute atomic E-state index is 12.3. The molecule has 1 saturated heterocycles. The van der Waals surface area contributed by atoms with Gasteiger partial charge in [0.1, 0.15) is 0 Å². The lowest BCUT2D eigenvalue weighted by Crippen LogP contribution is -2.45. The van der Waals surface area contributed by atoms with E-state index in [2.05, 4.69) is 10.9 Å². The molecule has 3 amide bonds. The van der Waals surface area contributed by atoms with Crippen molar-refractivity contribution in [2.75, 3.05) is 11.4 Å². The van der Waals surface area contributed by atoms with E-state index in [1.807, 2.05) is 32.0 Å². The van der Waals surface area contributed by atoms with Crippen molar-refractivity contribution in [3.8, 4) is 0 Å². The Morgan fingerprint density at radius 3 is 2.39 bits per heavy atom. The van der Waals surface area contributed by atoms with E-state index < -0.39 is 5.92 Å². The normalized spacial score (nSPS) is 20.5. The first kappa shape index (κ1) is 15.5. The molecule has 2 fully saturated rings. The van der Waals surface area contributed by atoms with Gasteiger partial charge < -0.3 is 4.90 Å². The SMILES string of the molecule is Cc1cccc(N2CC(C(=O)NNC(=O)C3CC3)CC2=O)c1C. The van der Waals surface area contributed by atoms with Crippen LogP contribution in [0.25, 0.3) is 0 Å². The molecule has 1 atom stereocenters. The molecular weight excluding hydrogens is 294 g/mol. The van der Waals surface area contributed by atoms with E-state index in [-0.39, 0.29) is 30.1 Å². The molecule has 1 aliphatic carbocycles. The molecule has 1 aromatic rings. The first-order valence-electron chi connectivity index (χ1n) is 7.93. The maximum atomic E-state index is 12.3. The van der Waals surface area contributed by atoms with Crippen LogP contribution in [-0.2, 0) is 14.4 Å². The van der Waals surface area contributed by atoms with Crippen molar-refractivity contribution in [3.05, 3.63) is 29.3 Å². The molecule has 0 spiro atoms. The van der Waals surface area contributed by atoms with Gasteiger partial charge in [0.25, 0.3) is 0 Å². The Morgan fingerprint density at radius 1 is 1.09 bits per heavy atom. The number of hydrogen-bond acceptors (Lipinski definition) is 3. The Hall–Kier alpha value is -2.37. The molecule has 2 N–H and O–H groups in total. The van der Waals surface area contributed by atoms with Gasteiger partial charge in [-0.2, -0.15) is 0 Å². The lowest BCUT2D eigenvalue weighted by atomic mass is 10.1. The standard InChI is InChI=1S/C17H21N3O3/c1-10-4-3-5-14(11(10)2)20-9-13(8-15(20)21)17(23)19-18-16(22)12-6-7-12/h3-5,12-13H,6-9H2,1-2H3,(H,18,22)(H,19,23). The number of hydrogen-bond donors (Lipinski definition) is 2. The number of nitrogens with zero attached hydrogens (tertiary/aromatic N) is 1. The second kappa shape index (κ2) is 6.02. The summed E-state index contributed by atoms with van der Waals surface area (Å²) in [5.41, 5.74) is 7.90. The zero-order valence-electron chi connectivity index (χ0n) is 13.4. The molecule has 6 nitrogen and oxygen atoms in total. The van der Waals surface area contributed by atoms with Gasteiger partial charge in [0.15, 0.2) is 0 Å². The van der Waals surface area contributed by atoms with Crippen LogP contribution in [0.1, 0.15) is 30.4 Å². The number of aryl methyl sites for hydroxylation is 1. The highest BCUT2D eigenvalue weighted by Gasteiger charge is 2.36. The van der Waals surface area contributed by atoms with Crippen LogP contribution >= 0.6 is 0 Å². The second-order valence-corrected chi connectivity index (χ2v) is 6.38. The lowest BCUT2D eigenvalue weighted by molar-refractivity contribution is -0.131. The predicted molar refractivity (Wildman–Crippen MR) is 85.4 cm³/mol. The Morgan fingerprint density at radius 2 is 1.74 bits per heavy atom. The monoisotopic (exact) mass is 315 g/mol. The molecule has 6 heteroatoms. The van der Waals surface area contributed by atoms with Gasteiger partial charge in [-0.25, -0.2) is 0 Å². The summed E-state index contributed by atoms with van der Waals surface area (Å²) < 4.78 is 0. The minimum atomic E-state index is -0.443. The van der Waals surface area contributed by atoms with Crippen LogP contribution in [0.4, 0.5) is 5.69 Å². The van der Waals surface area contributed by atoms with Crippen LogP contribution in [-0.4, -0.2) is 24.3 Å². The van der Waals surface area contributed by atoms with Crippen LogP contribution < -0.4 is 15.8 Å². The summed E-state index contributed by atoms with van der Waals surface area (Å²) in [7, 11) is 0. The molecule has 0 radical (unpaired) electrons. The average Bonchev–Trinajstić information content (AvgIpc) is 3.30. The molecule has 3 rings (SSSR count). The van der Waals surface area contributed by atoms with Crippen LogP contribution in [0.2, 0.25) is 0 Å². The van der Waals surface area contributed by atoms with Crippen molar-refractivity contribution in [2.24, 2.45) is 11.8 Å². The molecule has 0 aromatic heterocycles. The van der Waals surface area contributed by atoms with E-state index in [0.29, 0.717) is 6.54 Å². The predicted octanol–water partition coefficient (Wildman–Crippen LogP) is 1.21. The van der Waals surface area contributed by atoms with E-state index in [1.165, 1.54) is 0 Å². The highest BCUT2D eigenvalue weighted by Crippen LogP contribution is 2.30. The third-order valence-electron chi connectivity index (χ3n) is 4.62. The zero-order valence-corrected chi connectivity index (χ0v) is 13.4. The molecular formula is C17H21N3O3. The van der Waals surface area contributed by atoms with E-state index in [0.717, 1.165) is 29.7 Å². The average molecular weight is 315 g/mol. The Balaban J connectivity index is 1.63. The quantitative estimate of drug-likeness (QED) is 0.823. The minimum absolute atomic E-state index is 0.0342. The van der Waals surface area contributed by atoms with Crippen LogP contribution in [0.5, 0.6) is 0 Å². The largest absolute Gasteiger partial charge is 0.311 e. The fourth-order valence-corrected chi connectivity index (χ4v) is 2.82. The van der Waals surface area contributed by atoms with Gasteiger partial charge in [0.2, 0.25) is 17.7 Å². The van der Waals surface area contributed by atoms with E-state index in [1.54, 1.807) is 4.90 Å². The molecule has 122 valence electrons. The molecule has 1 aromatic carbocycles. The summed E-state index contributed by atoms with van der Waals surface area (Å²) in [5.74, 6) is -0.921. The van der Waals surface area contributed by atoms with Gasteiger partial charge in [-0.15, -0.1) is 0 Å². The summed E-state index contributed by atoms with van der Waals surface area (Å²) in [6.45, 7) is 4.31. The molecule has 1 aliphatic heterocycles. The van der Waals surface area contributed by atoms with Crippen molar-refractivity contribution >= 4 is 23.4 Å². The van der Waals surface area contributed by atoms with Crippen molar-refractivity contribution < 1.29 is 14.4 Å². The Kier molecular flexibility index (Phi) is 4.07. The number of hydrazine groups is 1. The van der Waals surface area contributed by atoms with Gasteiger partial charge in [-0.05, 0) is 43.9 Å². The molecule has 1 saturated carbocycles. The fourth-order valence-electron chi connectivity index (χ4n) is 2.82. The van der Waals surface area contributed by atoms with Crippen molar-refractivity contribution in [2.45, 2.75) is 33.1 Å². The van der Waals surface area contributed by atoms with Gasteiger partial charge in [0.05, 0.1) is 5.92 Å². The smallest absolute Gasteiger partial charge is 0.243 e.